The molecule has 1 saturated heterocycles. The first-order chi connectivity index (χ1) is 14.8. The highest BCUT2D eigenvalue weighted by Gasteiger charge is 2.22. The molecular formula is C24H27N5O. The molecule has 6 nitrogen and oxygen atoms in total. The van der Waals surface area contributed by atoms with Crippen LogP contribution in [0.3, 0.4) is 0 Å². The third kappa shape index (κ3) is 3.59. The highest BCUT2D eigenvalue weighted by molar-refractivity contribution is 5.94. The van der Waals surface area contributed by atoms with Gasteiger partial charge in [-0.15, -0.1) is 10.2 Å². The summed E-state index contributed by atoms with van der Waals surface area (Å²) in [6.07, 6.45) is 4.12. The van der Waals surface area contributed by atoms with Crippen LogP contribution in [-0.2, 0) is 24.8 Å². The summed E-state index contributed by atoms with van der Waals surface area (Å²) < 4.78 is 10.1. The van der Waals surface area contributed by atoms with Crippen molar-refractivity contribution in [2.45, 2.75) is 19.4 Å². The van der Waals surface area contributed by atoms with Gasteiger partial charge in [-0.1, -0.05) is 48.5 Å². The number of hydrogen-bond acceptors (Lipinski definition) is 4. The number of benzene rings is 2. The lowest BCUT2D eigenvalue weighted by Crippen LogP contribution is -2.29. The molecule has 1 aliphatic rings. The number of fused-ring (bicyclic) bond motifs is 1. The second kappa shape index (κ2) is 8.32. The minimum atomic E-state index is 0.731. The van der Waals surface area contributed by atoms with Gasteiger partial charge in [-0.2, -0.15) is 0 Å². The SMILES string of the molecule is Cn1cc(-c2nnc(N3CCCOCC3)n2CCc2ccccc2)c2ccccc21. The quantitative estimate of drug-likeness (QED) is 0.509. The van der Waals surface area contributed by atoms with Crippen molar-refractivity contribution in [1.29, 1.82) is 0 Å². The van der Waals surface area contributed by atoms with Crippen LogP contribution >= 0.6 is 0 Å². The summed E-state index contributed by atoms with van der Waals surface area (Å²) in [4.78, 5) is 2.32. The summed E-state index contributed by atoms with van der Waals surface area (Å²) in [5.74, 6) is 1.88. The van der Waals surface area contributed by atoms with E-state index in [2.05, 4.69) is 92.1 Å². The molecule has 0 radical (unpaired) electrons. The van der Waals surface area contributed by atoms with Gasteiger partial charge >= 0.3 is 0 Å². The van der Waals surface area contributed by atoms with Gasteiger partial charge in [0.1, 0.15) is 0 Å². The van der Waals surface area contributed by atoms with E-state index in [1.54, 1.807) is 0 Å². The Labute approximate surface area is 176 Å². The first-order valence-electron chi connectivity index (χ1n) is 10.7. The van der Waals surface area contributed by atoms with Crippen LogP contribution in [0.25, 0.3) is 22.3 Å². The predicted molar refractivity (Wildman–Crippen MR) is 120 cm³/mol. The highest BCUT2D eigenvalue weighted by atomic mass is 16.5. The van der Waals surface area contributed by atoms with E-state index in [-0.39, 0.29) is 0 Å². The summed E-state index contributed by atoms with van der Waals surface area (Å²) in [5, 5.41) is 10.6. The van der Waals surface area contributed by atoms with Crippen LogP contribution in [-0.4, -0.2) is 45.6 Å². The Hall–Kier alpha value is -3.12. The van der Waals surface area contributed by atoms with Crippen LogP contribution < -0.4 is 4.90 Å². The first kappa shape index (κ1) is 18.9. The smallest absolute Gasteiger partial charge is 0.227 e. The zero-order valence-electron chi connectivity index (χ0n) is 17.4. The van der Waals surface area contributed by atoms with Gasteiger partial charge < -0.3 is 14.2 Å². The fourth-order valence-electron chi connectivity index (χ4n) is 4.29. The maximum atomic E-state index is 5.67. The largest absolute Gasteiger partial charge is 0.380 e. The summed E-state index contributed by atoms with van der Waals surface area (Å²) in [6.45, 7) is 4.17. The van der Waals surface area contributed by atoms with E-state index in [4.69, 9.17) is 4.74 Å². The lowest BCUT2D eigenvalue weighted by molar-refractivity contribution is 0.152. The Morgan fingerprint density at radius 1 is 0.933 bits per heavy atom. The number of ether oxygens (including phenoxy) is 1. The topological polar surface area (TPSA) is 48.1 Å². The molecule has 0 aliphatic carbocycles. The minimum absolute atomic E-state index is 0.731. The maximum absolute atomic E-state index is 5.67. The molecule has 0 saturated carbocycles. The van der Waals surface area contributed by atoms with E-state index in [9.17, 15) is 0 Å². The van der Waals surface area contributed by atoms with E-state index in [1.807, 2.05) is 0 Å². The molecule has 154 valence electrons. The molecule has 0 spiro atoms. The lowest BCUT2D eigenvalue weighted by atomic mass is 10.1. The predicted octanol–water partition coefficient (Wildman–Crippen LogP) is 3.91. The standard InChI is InChI=1S/C24H27N5O/c1-27-18-21(20-10-5-6-11-22(20)27)23-25-26-24(28-13-7-16-30-17-15-28)29(23)14-12-19-8-3-2-4-9-19/h2-6,8-11,18H,7,12-17H2,1H3. The van der Waals surface area contributed by atoms with Crippen molar-refractivity contribution >= 4 is 16.9 Å². The van der Waals surface area contributed by atoms with Gasteiger partial charge in [-0.3, -0.25) is 4.57 Å². The van der Waals surface area contributed by atoms with Crippen LogP contribution in [0.1, 0.15) is 12.0 Å². The van der Waals surface area contributed by atoms with E-state index < -0.39 is 0 Å². The summed E-state index contributed by atoms with van der Waals surface area (Å²) in [5.41, 5.74) is 3.65. The number of aryl methyl sites for hydroxylation is 2. The number of nitrogens with zero attached hydrogens (tertiary/aromatic N) is 5. The van der Waals surface area contributed by atoms with Crippen LogP contribution in [0.2, 0.25) is 0 Å². The zero-order chi connectivity index (χ0) is 20.3. The number of para-hydroxylation sites is 1. The molecule has 4 aromatic rings. The van der Waals surface area contributed by atoms with Crippen molar-refractivity contribution in [2.24, 2.45) is 7.05 Å². The molecule has 30 heavy (non-hydrogen) atoms. The molecular weight excluding hydrogens is 374 g/mol. The summed E-state index contributed by atoms with van der Waals surface area (Å²) in [6, 6.07) is 19.1. The van der Waals surface area contributed by atoms with Gasteiger partial charge in [0.15, 0.2) is 5.82 Å². The zero-order valence-corrected chi connectivity index (χ0v) is 17.4. The normalized spacial score (nSPS) is 14.9. The summed E-state index contributed by atoms with van der Waals surface area (Å²) in [7, 11) is 2.09. The summed E-state index contributed by atoms with van der Waals surface area (Å²) >= 11 is 0. The number of rotatable bonds is 5. The van der Waals surface area contributed by atoms with E-state index in [0.29, 0.717) is 0 Å². The molecule has 2 aromatic heterocycles. The fraction of sp³-hybridized carbons (Fsp3) is 0.333. The van der Waals surface area contributed by atoms with Gasteiger partial charge in [-0.05, 0) is 24.5 Å². The Bertz CT molecular complexity index is 1120. The average molecular weight is 402 g/mol. The van der Waals surface area contributed by atoms with Crippen LogP contribution in [0.5, 0.6) is 0 Å². The lowest BCUT2D eigenvalue weighted by Gasteiger charge is -2.22. The number of anilines is 1. The molecule has 0 unspecified atom stereocenters. The van der Waals surface area contributed by atoms with Crippen LogP contribution in [0, 0.1) is 0 Å². The third-order valence-electron chi connectivity index (χ3n) is 5.84. The van der Waals surface area contributed by atoms with Crippen molar-refractivity contribution in [1.82, 2.24) is 19.3 Å². The molecule has 1 fully saturated rings. The second-order valence-electron chi connectivity index (χ2n) is 7.83. The van der Waals surface area contributed by atoms with Gasteiger partial charge in [0.25, 0.3) is 0 Å². The van der Waals surface area contributed by atoms with Gasteiger partial charge in [-0.25, -0.2) is 0 Å². The van der Waals surface area contributed by atoms with Crippen molar-refractivity contribution in [2.75, 3.05) is 31.2 Å². The Kier molecular flexibility index (Phi) is 5.24. The van der Waals surface area contributed by atoms with Crippen molar-refractivity contribution in [3.05, 3.63) is 66.4 Å². The molecule has 1 aliphatic heterocycles. The molecule has 3 heterocycles. The third-order valence-corrected chi connectivity index (χ3v) is 5.84. The molecule has 5 rings (SSSR count). The molecule has 2 aromatic carbocycles. The van der Waals surface area contributed by atoms with Gasteiger partial charge in [0.05, 0.1) is 6.61 Å². The molecule has 0 bridgehead atoms. The van der Waals surface area contributed by atoms with Crippen molar-refractivity contribution in [3.8, 4) is 11.4 Å². The van der Waals surface area contributed by atoms with E-state index >= 15 is 0 Å². The second-order valence-corrected chi connectivity index (χ2v) is 7.83. The molecule has 0 atom stereocenters. The van der Waals surface area contributed by atoms with Gasteiger partial charge in [0, 0.05) is 56.0 Å². The van der Waals surface area contributed by atoms with Crippen LogP contribution in [0.15, 0.2) is 60.8 Å². The molecule has 0 amide bonds. The molecule has 6 heteroatoms. The van der Waals surface area contributed by atoms with Crippen molar-refractivity contribution in [3.63, 3.8) is 0 Å². The fourth-order valence-corrected chi connectivity index (χ4v) is 4.29. The number of hydrogen-bond donors (Lipinski definition) is 0. The van der Waals surface area contributed by atoms with Crippen LogP contribution in [0.4, 0.5) is 5.95 Å². The Morgan fingerprint density at radius 3 is 2.67 bits per heavy atom. The monoisotopic (exact) mass is 401 g/mol. The first-order valence-corrected chi connectivity index (χ1v) is 10.7. The van der Waals surface area contributed by atoms with Crippen molar-refractivity contribution < 1.29 is 4.74 Å². The highest BCUT2D eigenvalue weighted by Crippen LogP contribution is 2.31. The van der Waals surface area contributed by atoms with E-state index in [0.717, 1.165) is 63.0 Å². The minimum Gasteiger partial charge on any atom is -0.380 e. The maximum Gasteiger partial charge on any atom is 0.227 e. The van der Waals surface area contributed by atoms with Gasteiger partial charge in [0.2, 0.25) is 5.95 Å². The number of aromatic nitrogens is 4. The molecule has 0 N–H and O–H groups in total. The Balaban J connectivity index is 1.57. The Morgan fingerprint density at radius 2 is 1.77 bits per heavy atom. The van der Waals surface area contributed by atoms with E-state index in [1.165, 1.54) is 16.5 Å². The average Bonchev–Trinajstić information content (AvgIpc) is 3.22.